The van der Waals surface area contributed by atoms with Gasteiger partial charge in [-0.3, -0.25) is 0 Å². The molecule has 25 heavy (non-hydrogen) atoms. The second-order valence-corrected chi connectivity index (χ2v) is 5.84. The predicted molar refractivity (Wildman–Crippen MR) is 96.5 cm³/mol. The molecule has 0 saturated heterocycles. The number of rotatable bonds is 8. The molecule has 4 heteroatoms. The van der Waals surface area contributed by atoms with E-state index < -0.39 is 0 Å². The predicted octanol–water partition coefficient (Wildman–Crippen LogP) is 4.65. The molecular weight excluding hydrogens is 316 g/mol. The molecule has 0 radical (unpaired) electrons. The standard InChI is InChI=1S/C21H24O4/c1-3-18(24-20(22)16-11-7-5-8-12-16)15-19(4-2)25-21(23)17-13-9-6-10-14-17/h5-14,18-19H,3-4,15H2,1-2H3. The third-order valence-corrected chi connectivity index (χ3v) is 4.00. The summed E-state index contributed by atoms with van der Waals surface area (Å²) in [6, 6.07) is 17.8. The van der Waals surface area contributed by atoms with Crippen molar-refractivity contribution in [1.29, 1.82) is 0 Å². The van der Waals surface area contributed by atoms with Crippen molar-refractivity contribution in [3.05, 3.63) is 71.8 Å². The molecule has 0 bridgehead atoms. The highest BCUT2D eigenvalue weighted by molar-refractivity contribution is 5.90. The number of hydrogen-bond donors (Lipinski definition) is 0. The van der Waals surface area contributed by atoms with E-state index in [9.17, 15) is 9.59 Å². The van der Waals surface area contributed by atoms with E-state index in [-0.39, 0.29) is 24.1 Å². The van der Waals surface area contributed by atoms with Crippen LogP contribution >= 0.6 is 0 Å². The first-order chi connectivity index (χ1) is 12.1. The molecule has 0 N–H and O–H groups in total. The van der Waals surface area contributed by atoms with Gasteiger partial charge in [-0.2, -0.15) is 0 Å². The molecule has 132 valence electrons. The van der Waals surface area contributed by atoms with Crippen molar-refractivity contribution >= 4 is 11.9 Å². The van der Waals surface area contributed by atoms with Crippen LogP contribution in [0.5, 0.6) is 0 Å². The van der Waals surface area contributed by atoms with Crippen LogP contribution in [0.1, 0.15) is 53.8 Å². The molecule has 2 aromatic rings. The maximum Gasteiger partial charge on any atom is 0.338 e. The van der Waals surface area contributed by atoms with Gasteiger partial charge >= 0.3 is 11.9 Å². The lowest BCUT2D eigenvalue weighted by atomic mass is 10.1. The van der Waals surface area contributed by atoms with Gasteiger partial charge < -0.3 is 9.47 Å². The maximum absolute atomic E-state index is 12.2. The Morgan fingerprint density at radius 3 is 1.40 bits per heavy atom. The molecule has 0 heterocycles. The summed E-state index contributed by atoms with van der Waals surface area (Å²) in [5.74, 6) is -0.701. The van der Waals surface area contributed by atoms with Crippen LogP contribution < -0.4 is 0 Å². The van der Waals surface area contributed by atoms with Crippen molar-refractivity contribution in [2.45, 2.75) is 45.3 Å². The zero-order valence-electron chi connectivity index (χ0n) is 14.7. The molecule has 0 fully saturated rings. The first kappa shape index (κ1) is 18.7. The minimum absolute atomic E-state index is 0.291. The number of benzene rings is 2. The maximum atomic E-state index is 12.2. The largest absolute Gasteiger partial charge is 0.459 e. The Bertz CT molecular complexity index is 607. The van der Waals surface area contributed by atoms with Gasteiger partial charge in [0.2, 0.25) is 0 Å². The van der Waals surface area contributed by atoms with Gasteiger partial charge in [0, 0.05) is 6.42 Å². The molecule has 0 spiro atoms. The molecule has 2 aromatic carbocycles. The lowest BCUT2D eigenvalue weighted by molar-refractivity contribution is -0.00187. The van der Waals surface area contributed by atoms with Crippen molar-refractivity contribution in [2.24, 2.45) is 0 Å². The third-order valence-electron chi connectivity index (χ3n) is 4.00. The van der Waals surface area contributed by atoms with Gasteiger partial charge in [-0.05, 0) is 37.1 Å². The molecule has 4 nitrogen and oxygen atoms in total. The van der Waals surface area contributed by atoms with Crippen molar-refractivity contribution < 1.29 is 19.1 Å². The fraction of sp³-hybridized carbons (Fsp3) is 0.333. The lowest BCUT2D eigenvalue weighted by Gasteiger charge is -2.22. The van der Waals surface area contributed by atoms with Gasteiger partial charge in [-0.1, -0.05) is 50.2 Å². The number of ether oxygens (including phenoxy) is 2. The molecule has 0 aromatic heterocycles. The van der Waals surface area contributed by atoms with Crippen molar-refractivity contribution in [1.82, 2.24) is 0 Å². The van der Waals surface area contributed by atoms with Crippen LogP contribution in [-0.4, -0.2) is 24.1 Å². The Morgan fingerprint density at radius 2 is 1.08 bits per heavy atom. The normalized spacial score (nSPS) is 12.9. The van der Waals surface area contributed by atoms with Gasteiger partial charge in [0.05, 0.1) is 11.1 Å². The fourth-order valence-corrected chi connectivity index (χ4v) is 2.48. The lowest BCUT2D eigenvalue weighted by Crippen LogP contribution is -2.26. The third kappa shape index (κ3) is 5.75. The fourth-order valence-electron chi connectivity index (χ4n) is 2.48. The van der Waals surface area contributed by atoms with Crippen LogP contribution in [0.25, 0.3) is 0 Å². The number of carbonyl (C=O) groups is 2. The van der Waals surface area contributed by atoms with Crippen LogP contribution in [-0.2, 0) is 9.47 Å². The summed E-state index contributed by atoms with van der Waals surface area (Å²) >= 11 is 0. The molecule has 0 aliphatic rings. The molecule has 0 saturated carbocycles. The Labute approximate surface area is 148 Å². The highest BCUT2D eigenvalue weighted by Gasteiger charge is 2.22. The zero-order valence-corrected chi connectivity index (χ0v) is 14.7. The highest BCUT2D eigenvalue weighted by atomic mass is 16.6. The van der Waals surface area contributed by atoms with Crippen molar-refractivity contribution in [3.8, 4) is 0 Å². The molecule has 0 aliphatic heterocycles. The summed E-state index contributed by atoms with van der Waals surface area (Å²) < 4.78 is 11.2. The van der Waals surface area contributed by atoms with E-state index in [1.807, 2.05) is 26.0 Å². The molecule has 2 rings (SSSR count). The average Bonchev–Trinajstić information content (AvgIpc) is 2.67. The van der Waals surface area contributed by atoms with Gasteiger partial charge in [-0.15, -0.1) is 0 Å². The first-order valence-electron chi connectivity index (χ1n) is 8.66. The van der Waals surface area contributed by atoms with E-state index in [1.165, 1.54) is 0 Å². The first-order valence-corrected chi connectivity index (χ1v) is 8.66. The minimum atomic E-state index is -0.350. The average molecular weight is 340 g/mol. The van der Waals surface area contributed by atoms with E-state index in [4.69, 9.17) is 9.47 Å². The molecule has 2 unspecified atom stereocenters. The SMILES string of the molecule is CCC(CC(CC)OC(=O)c1ccccc1)OC(=O)c1ccccc1. The van der Waals surface area contributed by atoms with Crippen LogP contribution in [0, 0.1) is 0 Å². The monoisotopic (exact) mass is 340 g/mol. The van der Waals surface area contributed by atoms with Crippen molar-refractivity contribution in [3.63, 3.8) is 0 Å². The second kappa shape index (κ2) is 9.62. The quantitative estimate of drug-likeness (QED) is 0.657. The van der Waals surface area contributed by atoms with Gasteiger partial charge in [0.1, 0.15) is 12.2 Å². The van der Waals surface area contributed by atoms with Crippen LogP contribution in [0.2, 0.25) is 0 Å². The second-order valence-electron chi connectivity index (χ2n) is 5.84. The summed E-state index contributed by atoms with van der Waals surface area (Å²) in [5, 5.41) is 0. The Hall–Kier alpha value is -2.62. The number of carbonyl (C=O) groups excluding carboxylic acids is 2. The molecule has 0 amide bonds. The van der Waals surface area contributed by atoms with Crippen LogP contribution in [0.3, 0.4) is 0 Å². The minimum Gasteiger partial charge on any atom is -0.459 e. The summed E-state index contributed by atoms with van der Waals surface area (Å²) in [7, 11) is 0. The van der Waals surface area contributed by atoms with E-state index in [0.29, 0.717) is 30.4 Å². The Kier molecular flexibility index (Phi) is 7.20. The topological polar surface area (TPSA) is 52.6 Å². The Balaban J connectivity index is 1.93. The van der Waals surface area contributed by atoms with Gasteiger partial charge in [0.25, 0.3) is 0 Å². The summed E-state index contributed by atoms with van der Waals surface area (Å²) in [4.78, 5) is 24.4. The highest BCUT2D eigenvalue weighted by Crippen LogP contribution is 2.16. The van der Waals surface area contributed by atoms with Crippen LogP contribution in [0.15, 0.2) is 60.7 Å². The summed E-state index contributed by atoms with van der Waals surface area (Å²) in [6.45, 7) is 3.91. The van der Waals surface area contributed by atoms with E-state index in [0.717, 1.165) is 0 Å². The smallest absolute Gasteiger partial charge is 0.338 e. The van der Waals surface area contributed by atoms with Crippen LogP contribution in [0.4, 0.5) is 0 Å². The van der Waals surface area contributed by atoms with Gasteiger partial charge in [0.15, 0.2) is 0 Å². The van der Waals surface area contributed by atoms with Gasteiger partial charge in [-0.25, -0.2) is 9.59 Å². The van der Waals surface area contributed by atoms with E-state index in [1.54, 1.807) is 48.5 Å². The van der Waals surface area contributed by atoms with Crippen molar-refractivity contribution in [2.75, 3.05) is 0 Å². The number of esters is 2. The van der Waals surface area contributed by atoms with E-state index >= 15 is 0 Å². The molecular formula is C21H24O4. The van der Waals surface area contributed by atoms with E-state index in [2.05, 4.69) is 0 Å². The molecule has 2 atom stereocenters. The summed E-state index contributed by atoms with van der Waals surface area (Å²) in [6.07, 6.45) is 1.24. The number of hydrogen-bond acceptors (Lipinski definition) is 4. The summed E-state index contributed by atoms with van der Waals surface area (Å²) in [5.41, 5.74) is 1.05. The zero-order chi connectivity index (χ0) is 18.1. The molecule has 0 aliphatic carbocycles. The Morgan fingerprint density at radius 1 is 0.720 bits per heavy atom.